The molecule has 0 spiro atoms. The standard InChI is InChI=1S/C12H24N2O2/c1-8(13)10(15)16-9-6-11(2,3)14-12(4,5)7-9/h8-9,14H,6-7,13H2,1-5H3. The fraction of sp³-hybridized carbons (Fsp3) is 0.917. The van der Waals surface area contributed by atoms with Crippen molar-refractivity contribution in [1.82, 2.24) is 5.32 Å². The number of carbonyl (C=O) groups excluding carboxylic acids is 1. The Labute approximate surface area is 97.9 Å². The Kier molecular flexibility index (Phi) is 3.65. The van der Waals surface area contributed by atoms with Gasteiger partial charge in [-0.1, -0.05) is 0 Å². The molecule has 1 fully saturated rings. The van der Waals surface area contributed by atoms with Crippen molar-refractivity contribution in [2.45, 2.75) is 70.7 Å². The molecule has 1 heterocycles. The highest BCUT2D eigenvalue weighted by Crippen LogP contribution is 2.30. The van der Waals surface area contributed by atoms with Crippen LogP contribution < -0.4 is 11.1 Å². The number of hydrogen-bond donors (Lipinski definition) is 2. The average molecular weight is 228 g/mol. The fourth-order valence-corrected chi connectivity index (χ4v) is 2.58. The molecular weight excluding hydrogens is 204 g/mol. The monoisotopic (exact) mass is 228 g/mol. The summed E-state index contributed by atoms with van der Waals surface area (Å²) in [6.07, 6.45) is 1.62. The van der Waals surface area contributed by atoms with Crippen molar-refractivity contribution in [3.05, 3.63) is 0 Å². The van der Waals surface area contributed by atoms with Gasteiger partial charge in [0.2, 0.25) is 0 Å². The fourth-order valence-electron chi connectivity index (χ4n) is 2.58. The zero-order valence-electron chi connectivity index (χ0n) is 11.0. The number of carbonyl (C=O) groups is 1. The quantitative estimate of drug-likeness (QED) is 0.697. The molecule has 0 aromatic heterocycles. The van der Waals surface area contributed by atoms with E-state index in [-0.39, 0.29) is 23.2 Å². The molecule has 3 N–H and O–H groups in total. The topological polar surface area (TPSA) is 64.4 Å². The van der Waals surface area contributed by atoms with Crippen LogP contribution in [-0.4, -0.2) is 29.2 Å². The summed E-state index contributed by atoms with van der Waals surface area (Å²) < 4.78 is 5.42. The number of nitrogens with one attached hydrogen (secondary N) is 1. The molecule has 1 atom stereocenters. The zero-order chi connectivity index (χ0) is 12.6. The molecule has 16 heavy (non-hydrogen) atoms. The molecule has 0 saturated carbocycles. The molecule has 4 heteroatoms. The lowest BCUT2D eigenvalue weighted by Gasteiger charge is -2.46. The van der Waals surface area contributed by atoms with Gasteiger partial charge in [-0.25, -0.2) is 0 Å². The molecule has 0 radical (unpaired) electrons. The molecule has 0 aromatic rings. The van der Waals surface area contributed by atoms with Gasteiger partial charge in [0.25, 0.3) is 0 Å². The van der Waals surface area contributed by atoms with Crippen LogP contribution in [0.25, 0.3) is 0 Å². The molecule has 0 bridgehead atoms. The van der Waals surface area contributed by atoms with Crippen LogP contribution in [0.3, 0.4) is 0 Å². The Morgan fingerprint density at radius 1 is 1.31 bits per heavy atom. The molecule has 0 amide bonds. The van der Waals surface area contributed by atoms with Gasteiger partial charge in [0.05, 0.1) is 0 Å². The van der Waals surface area contributed by atoms with E-state index in [1.54, 1.807) is 6.92 Å². The Bertz CT molecular complexity index is 256. The smallest absolute Gasteiger partial charge is 0.322 e. The van der Waals surface area contributed by atoms with Gasteiger partial charge in [0.1, 0.15) is 12.1 Å². The van der Waals surface area contributed by atoms with Crippen molar-refractivity contribution in [1.29, 1.82) is 0 Å². The summed E-state index contributed by atoms with van der Waals surface area (Å²) in [4.78, 5) is 11.5. The molecule has 1 aliphatic rings. The molecule has 0 aromatic carbocycles. The van der Waals surface area contributed by atoms with Crippen molar-refractivity contribution in [2.24, 2.45) is 5.73 Å². The van der Waals surface area contributed by atoms with Gasteiger partial charge in [-0.2, -0.15) is 0 Å². The summed E-state index contributed by atoms with van der Waals surface area (Å²) in [5.74, 6) is -0.307. The predicted molar refractivity (Wildman–Crippen MR) is 64.1 cm³/mol. The number of esters is 1. The average Bonchev–Trinajstić information content (AvgIpc) is 1.96. The summed E-state index contributed by atoms with van der Waals surface area (Å²) in [7, 11) is 0. The van der Waals surface area contributed by atoms with Crippen LogP contribution in [0.2, 0.25) is 0 Å². The summed E-state index contributed by atoms with van der Waals surface area (Å²) in [5.41, 5.74) is 5.48. The number of nitrogens with two attached hydrogens (primary N) is 1. The predicted octanol–water partition coefficient (Wildman–Crippen LogP) is 1.19. The normalized spacial score (nSPS) is 26.1. The summed E-state index contributed by atoms with van der Waals surface area (Å²) >= 11 is 0. The summed E-state index contributed by atoms with van der Waals surface area (Å²) in [6, 6.07) is -0.541. The number of rotatable bonds is 2. The van der Waals surface area contributed by atoms with E-state index in [4.69, 9.17) is 10.5 Å². The van der Waals surface area contributed by atoms with Crippen molar-refractivity contribution < 1.29 is 9.53 Å². The van der Waals surface area contributed by atoms with Crippen molar-refractivity contribution in [3.8, 4) is 0 Å². The third-order valence-electron chi connectivity index (χ3n) is 2.81. The second-order valence-corrected chi connectivity index (χ2v) is 6.15. The van der Waals surface area contributed by atoms with Gasteiger partial charge in [-0.05, 0) is 34.6 Å². The minimum Gasteiger partial charge on any atom is -0.461 e. The van der Waals surface area contributed by atoms with Crippen molar-refractivity contribution in [3.63, 3.8) is 0 Å². The van der Waals surface area contributed by atoms with E-state index < -0.39 is 6.04 Å². The Hall–Kier alpha value is -0.610. The lowest BCUT2D eigenvalue weighted by Crippen LogP contribution is -2.60. The first kappa shape index (κ1) is 13.5. The summed E-state index contributed by atoms with van der Waals surface area (Å²) in [5, 5.41) is 3.54. The first-order valence-corrected chi connectivity index (χ1v) is 5.87. The van der Waals surface area contributed by atoms with Gasteiger partial charge >= 0.3 is 5.97 Å². The van der Waals surface area contributed by atoms with E-state index in [2.05, 4.69) is 33.0 Å². The highest BCUT2D eigenvalue weighted by atomic mass is 16.5. The number of piperidine rings is 1. The molecule has 0 aliphatic carbocycles. The van der Waals surface area contributed by atoms with Crippen LogP contribution in [0.4, 0.5) is 0 Å². The Morgan fingerprint density at radius 3 is 2.12 bits per heavy atom. The van der Waals surface area contributed by atoms with Crippen molar-refractivity contribution in [2.75, 3.05) is 0 Å². The Morgan fingerprint density at radius 2 is 1.75 bits per heavy atom. The molecular formula is C12H24N2O2. The van der Waals surface area contributed by atoms with E-state index in [0.717, 1.165) is 12.8 Å². The number of ether oxygens (including phenoxy) is 1. The first-order valence-electron chi connectivity index (χ1n) is 5.87. The highest BCUT2D eigenvalue weighted by molar-refractivity contribution is 5.75. The molecule has 4 nitrogen and oxygen atoms in total. The molecule has 1 aliphatic heterocycles. The van der Waals surface area contributed by atoms with E-state index >= 15 is 0 Å². The SMILES string of the molecule is CC(N)C(=O)OC1CC(C)(C)NC(C)(C)C1. The van der Waals surface area contributed by atoms with Crippen LogP contribution in [0.5, 0.6) is 0 Å². The van der Waals surface area contributed by atoms with Gasteiger partial charge in [0.15, 0.2) is 0 Å². The highest BCUT2D eigenvalue weighted by Gasteiger charge is 2.39. The minimum atomic E-state index is -0.541. The maximum Gasteiger partial charge on any atom is 0.322 e. The maximum atomic E-state index is 11.5. The third kappa shape index (κ3) is 3.76. The van der Waals surface area contributed by atoms with E-state index in [1.807, 2.05) is 0 Å². The van der Waals surface area contributed by atoms with Gasteiger partial charge in [0, 0.05) is 23.9 Å². The Balaban J connectivity index is 2.64. The van der Waals surface area contributed by atoms with Crippen LogP contribution in [-0.2, 0) is 9.53 Å². The third-order valence-corrected chi connectivity index (χ3v) is 2.81. The van der Waals surface area contributed by atoms with Crippen molar-refractivity contribution >= 4 is 5.97 Å². The van der Waals surface area contributed by atoms with E-state index in [1.165, 1.54) is 0 Å². The minimum absolute atomic E-state index is 0.00939. The van der Waals surface area contributed by atoms with Crippen LogP contribution in [0.1, 0.15) is 47.5 Å². The lowest BCUT2D eigenvalue weighted by atomic mass is 9.81. The van der Waals surface area contributed by atoms with E-state index in [0.29, 0.717) is 0 Å². The van der Waals surface area contributed by atoms with Crippen LogP contribution in [0.15, 0.2) is 0 Å². The molecule has 1 saturated heterocycles. The van der Waals surface area contributed by atoms with Gasteiger partial charge < -0.3 is 15.8 Å². The van der Waals surface area contributed by atoms with Crippen LogP contribution in [0, 0.1) is 0 Å². The first-order chi connectivity index (χ1) is 7.11. The maximum absolute atomic E-state index is 11.5. The van der Waals surface area contributed by atoms with E-state index in [9.17, 15) is 4.79 Å². The van der Waals surface area contributed by atoms with Gasteiger partial charge in [-0.15, -0.1) is 0 Å². The lowest BCUT2D eigenvalue weighted by molar-refractivity contribution is -0.154. The zero-order valence-corrected chi connectivity index (χ0v) is 11.0. The second kappa shape index (κ2) is 4.34. The van der Waals surface area contributed by atoms with Crippen LogP contribution >= 0.6 is 0 Å². The second-order valence-electron chi connectivity index (χ2n) is 6.15. The molecule has 1 rings (SSSR count). The molecule has 94 valence electrons. The van der Waals surface area contributed by atoms with Gasteiger partial charge in [-0.3, -0.25) is 4.79 Å². The largest absolute Gasteiger partial charge is 0.461 e. The summed E-state index contributed by atoms with van der Waals surface area (Å²) in [6.45, 7) is 10.2. The molecule has 1 unspecified atom stereocenters. The number of hydrogen-bond acceptors (Lipinski definition) is 4.